The molecule has 0 aliphatic carbocycles. The molecule has 0 saturated carbocycles. The number of carbonyl (C=O) groups excluding carboxylic acids is 2. The summed E-state index contributed by atoms with van der Waals surface area (Å²) in [5, 5.41) is 0. The molecule has 174 valence electrons. The van der Waals surface area contributed by atoms with E-state index in [1.807, 2.05) is 67.3 Å². The van der Waals surface area contributed by atoms with Crippen molar-refractivity contribution in [3.63, 3.8) is 0 Å². The number of benzene rings is 3. The zero-order chi connectivity index (χ0) is 24.1. The molecule has 0 bridgehead atoms. The van der Waals surface area contributed by atoms with Gasteiger partial charge in [-0.3, -0.25) is 9.59 Å². The van der Waals surface area contributed by atoms with Crippen LogP contribution in [0, 0.1) is 0 Å². The monoisotopic (exact) mass is 456 g/mol. The van der Waals surface area contributed by atoms with Crippen LogP contribution in [0.1, 0.15) is 25.0 Å². The summed E-state index contributed by atoms with van der Waals surface area (Å²) in [5.41, 5.74) is 2.86. The van der Waals surface area contributed by atoms with Crippen molar-refractivity contribution in [1.29, 1.82) is 0 Å². The summed E-state index contributed by atoms with van der Waals surface area (Å²) in [6, 6.07) is 24.2. The summed E-state index contributed by atoms with van der Waals surface area (Å²) >= 11 is 0. The lowest BCUT2D eigenvalue weighted by Crippen LogP contribution is -2.35. The van der Waals surface area contributed by atoms with Crippen molar-refractivity contribution >= 4 is 23.1 Å². The minimum atomic E-state index is -0.375. The number of amides is 2. The van der Waals surface area contributed by atoms with E-state index in [9.17, 15) is 9.59 Å². The molecule has 0 radical (unpaired) electrons. The van der Waals surface area contributed by atoms with Crippen molar-refractivity contribution in [1.82, 2.24) is 4.90 Å². The molecule has 4 rings (SSSR count). The van der Waals surface area contributed by atoms with Gasteiger partial charge >= 0.3 is 0 Å². The van der Waals surface area contributed by atoms with Crippen molar-refractivity contribution < 1.29 is 19.1 Å². The van der Waals surface area contributed by atoms with Crippen molar-refractivity contribution in [2.24, 2.45) is 0 Å². The zero-order valence-electron chi connectivity index (χ0n) is 19.7. The predicted octanol–water partition coefficient (Wildman–Crippen LogP) is 4.90. The zero-order valence-corrected chi connectivity index (χ0v) is 19.7. The number of para-hydroxylation sites is 1. The Balaban J connectivity index is 1.82. The Morgan fingerprint density at radius 1 is 0.824 bits per heavy atom. The molecule has 2 amide bonds. The van der Waals surface area contributed by atoms with Crippen LogP contribution in [0.2, 0.25) is 0 Å². The van der Waals surface area contributed by atoms with Gasteiger partial charge in [0.1, 0.15) is 17.2 Å². The first-order valence-electron chi connectivity index (χ1n) is 11.4. The maximum atomic E-state index is 13.8. The van der Waals surface area contributed by atoms with Crippen LogP contribution in [0.4, 0.5) is 5.69 Å². The number of likely N-dealkylation sites (N-methyl/N-ethyl adjacent to an activating group) is 1. The first kappa shape index (κ1) is 23.1. The highest BCUT2D eigenvalue weighted by Gasteiger charge is 2.43. The van der Waals surface area contributed by atoms with Gasteiger partial charge < -0.3 is 14.4 Å². The summed E-state index contributed by atoms with van der Waals surface area (Å²) in [6.45, 7) is 5.48. The molecule has 0 aromatic heterocycles. The average Bonchev–Trinajstić information content (AvgIpc) is 3.13. The van der Waals surface area contributed by atoms with Crippen LogP contribution >= 0.6 is 0 Å². The molecule has 6 nitrogen and oxygen atoms in total. The Bertz CT molecular complexity index is 1200. The predicted molar refractivity (Wildman–Crippen MR) is 133 cm³/mol. The fourth-order valence-electron chi connectivity index (χ4n) is 4.15. The summed E-state index contributed by atoms with van der Waals surface area (Å²) < 4.78 is 11.1. The Morgan fingerprint density at radius 2 is 1.50 bits per heavy atom. The van der Waals surface area contributed by atoms with Gasteiger partial charge in [0.05, 0.1) is 25.0 Å². The molecule has 1 aliphatic heterocycles. The van der Waals surface area contributed by atoms with Gasteiger partial charge in [-0.2, -0.15) is 0 Å². The van der Waals surface area contributed by atoms with Gasteiger partial charge in [-0.25, -0.2) is 4.90 Å². The van der Waals surface area contributed by atoms with Crippen LogP contribution in [0.25, 0.3) is 5.57 Å². The number of hydrogen-bond donors (Lipinski definition) is 0. The van der Waals surface area contributed by atoms with Crippen LogP contribution in [0.15, 0.2) is 84.6 Å². The second-order valence-electron chi connectivity index (χ2n) is 7.80. The van der Waals surface area contributed by atoms with E-state index in [2.05, 4.69) is 0 Å². The molecule has 0 atom stereocenters. The number of hydrogen-bond acceptors (Lipinski definition) is 5. The smallest absolute Gasteiger partial charge is 0.282 e. The molecule has 0 N–H and O–H groups in total. The fourth-order valence-corrected chi connectivity index (χ4v) is 4.15. The maximum Gasteiger partial charge on any atom is 0.282 e. The number of methoxy groups -OCH3 is 1. The van der Waals surface area contributed by atoms with Crippen molar-refractivity contribution in [2.45, 2.75) is 20.4 Å². The molecule has 0 unspecified atom stereocenters. The average molecular weight is 457 g/mol. The Hall–Kier alpha value is -4.06. The lowest BCUT2D eigenvalue weighted by Gasteiger charge is -2.25. The lowest BCUT2D eigenvalue weighted by atomic mass is 10.0. The minimum absolute atomic E-state index is 0.342. The van der Waals surface area contributed by atoms with Crippen LogP contribution in [0.5, 0.6) is 11.5 Å². The van der Waals surface area contributed by atoms with Gasteiger partial charge in [-0.05, 0) is 49.7 Å². The molecule has 1 aliphatic rings. The molecule has 0 spiro atoms. The largest absolute Gasteiger partial charge is 0.496 e. The van der Waals surface area contributed by atoms with E-state index < -0.39 is 0 Å². The number of anilines is 1. The van der Waals surface area contributed by atoms with E-state index in [1.54, 1.807) is 37.4 Å². The van der Waals surface area contributed by atoms with Crippen molar-refractivity contribution in [3.05, 3.63) is 95.7 Å². The molecule has 34 heavy (non-hydrogen) atoms. The van der Waals surface area contributed by atoms with Gasteiger partial charge in [0, 0.05) is 18.7 Å². The standard InChI is InChI=1S/C28H28N2O4/c1-4-29(19-20-11-7-6-8-12-20)26-25(23-13-9-10-14-24(23)33-3)27(31)30(28(26)32)21-15-17-22(18-16-21)34-5-2/h6-18H,4-5,19H2,1-3H3. The molecule has 1 heterocycles. The van der Waals surface area contributed by atoms with E-state index in [0.29, 0.717) is 53.7 Å². The maximum absolute atomic E-state index is 13.8. The van der Waals surface area contributed by atoms with Crippen LogP contribution < -0.4 is 14.4 Å². The van der Waals surface area contributed by atoms with E-state index in [4.69, 9.17) is 9.47 Å². The van der Waals surface area contributed by atoms with E-state index in [1.165, 1.54) is 4.90 Å². The number of ether oxygens (including phenoxy) is 2. The Morgan fingerprint density at radius 3 is 2.15 bits per heavy atom. The summed E-state index contributed by atoms with van der Waals surface area (Å²) in [5.74, 6) is 0.496. The Labute approximate surface area is 200 Å². The lowest BCUT2D eigenvalue weighted by molar-refractivity contribution is -0.120. The second-order valence-corrected chi connectivity index (χ2v) is 7.80. The molecule has 0 fully saturated rings. The highest BCUT2D eigenvalue weighted by atomic mass is 16.5. The van der Waals surface area contributed by atoms with E-state index >= 15 is 0 Å². The summed E-state index contributed by atoms with van der Waals surface area (Å²) in [6.07, 6.45) is 0. The molecular weight excluding hydrogens is 428 g/mol. The third kappa shape index (κ3) is 4.39. The first-order chi connectivity index (χ1) is 16.6. The highest BCUT2D eigenvalue weighted by molar-refractivity contribution is 6.45. The number of rotatable bonds is 9. The summed E-state index contributed by atoms with van der Waals surface area (Å²) in [4.78, 5) is 30.8. The SMILES string of the molecule is CCOc1ccc(N2C(=O)C(c3ccccc3OC)=C(N(CC)Cc3ccccc3)C2=O)cc1. The van der Waals surface area contributed by atoms with Gasteiger partial charge in [0.15, 0.2) is 0 Å². The highest BCUT2D eigenvalue weighted by Crippen LogP contribution is 2.39. The molecule has 3 aromatic carbocycles. The van der Waals surface area contributed by atoms with E-state index in [-0.39, 0.29) is 11.8 Å². The Kier molecular flexibility index (Phi) is 6.97. The van der Waals surface area contributed by atoms with Crippen molar-refractivity contribution in [3.8, 4) is 11.5 Å². The van der Waals surface area contributed by atoms with Crippen LogP contribution in [-0.4, -0.2) is 37.0 Å². The van der Waals surface area contributed by atoms with Gasteiger partial charge in [0.2, 0.25) is 0 Å². The number of imide groups is 1. The quantitative estimate of drug-likeness (QED) is 0.429. The van der Waals surface area contributed by atoms with Gasteiger partial charge in [-0.15, -0.1) is 0 Å². The van der Waals surface area contributed by atoms with Gasteiger partial charge in [-0.1, -0.05) is 48.5 Å². The topological polar surface area (TPSA) is 59.1 Å². The van der Waals surface area contributed by atoms with Gasteiger partial charge in [0.25, 0.3) is 11.8 Å². The third-order valence-corrected chi connectivity index (χ3v) is 5.76. The number of carbonyl (C=O) groups is 2. The second kappa shape index (κ2) is 10.3. The van der Waals surface area contributed by atoms with E-state index in [0.717, 1.165) is 5.56 Å². The minimum Gasteiger partial charge on any atom is -0.496 e. The molecule has 6 heteroatoms. The molecule has 0 saturated heterocycles. The normalized spacial score (nSPS) is 13.4. The molecule has 3 aromatic rings. The summed E-state index contributed by atoms with van der Waals surface area (Å²) in [7, 11) is 1.56. The first-order valence-corrected chi connectivity index (χ1v) is 11.4. The fraction of sp³-hybridized carbons (Fsp3) is 0.214. The number of nitrogens with zero attached hydrogens (tertiary/aromatic N) is 2. The van der Waals surface area contributed by atoms with Crippen molar-refractivity contribution in [2.75, 3.05) is 25.2 Å². The third-order valence-electron chi connectivity index (χ3n) is 5.76. The van der Waals surface area contributed by atoms with Crippen LogP contribution in [-0.2, 0) is 16.1 Å². The van der Waals surface area contributed by atoms with Crippen LogP contribution in [0.3, 0.4) is 0 Å². The molecular formula is C28H28N2O4.